The van der Waals surface area contributed by atoms with Crippen molar-refractivity contribution in [2.24, 2.45) is 12.0 Å². The number of aliphatic hydroxyl groups is 1. The third-order valence-corrected chi connectivity index (χ3v) is 6.08. The molecule has 0 saturated heterocycles. The average molecular weight is 543 g/mol. The summed E-state index contributed by atoms with van der Waals surface area (Å²) in [6.45, 7) is 5.44. The summed E-state index contributed by atoms with van der Waals surface area (Å²) in [4.78, 5) is 4.64. The minimum atomic E-state index is -1.10. The van der Waals surface area contributed by atoms with Gasteiger partial charge in [0.2, 0.25) is 0 Å². The molecule has 1 aliphatic carbocycles. The number of aromatic nitrogens is 2. The second-order valence-electron chi connectivity index (χ2n) is 8.57. The van der Waals surface area contributed by atoms with Gasteiger partial charge in [-0.1, -0.05) is 31.4 Å². The van der Waals surface area contributed by atoms with Crippen LogP contribution in [0.2, 0.25) is 0 Å². The summed E-state index contributed by atoms with van der Waals surface area (Å²) in [7, 11) is 1.83. The minimum absolute atomic E-state index is 0. The monoisotopic (exact) mass is 543 g/mol. The van der Waals surface area contributed by atoms with Gasteiger partial charge in [-0.3, -0.25) is 4.68 Å². The Bertz CT molecular complexity index is 844. The summed E-state index contributed by atoms with van der Waals surface area (Å²) in [6, 6.07) is 6.94. The molecule has 1 unspecified atom stereocenters. The van der Waals surface area contributed by atoms with Crippen LogP contribution in [0.3, 0.4) is 0 Å². The van der Waals surface area contributed by atoms with Crippen LogP contribution in [0.25, 0.3) is 0 Å². The lowest BCUT2D eigenvalue weighted by Gasteiger charge is -2.38. The highest BCUT2D eigenvalue weighted by Gasteiger charge is 2.34. The van der Waals surface area contributed by atoms with E-state index in [9.17, 15) is 9.50 Å². The molecule has 1 aliphatic rings. The summed E-state index contributed by atoms with van der Waals surface area (Å²) < 4.78 is 15.1. The Kier molecular flexibility index (Phi) is 9.29. The van der Waals surface area contributed by atoms with Gasteiger partial charge in [0, 0.05) is 37.3 Å². The maximum absolute atomic E-state index is 13.5. The van der Waals surface area contributed by atoms with E-state index in [-0.39, 0.29) is 41.8 Å². The molecule has 1 saturated carbocycles. The molecule has 0 bridgehead atoms. The molecule has 0 aliphatic heterocycles. The SMILES string of the molecule is CCNC(=NCC(C)(O)c1cnn(C)c1)NCC1(c2ccc(F)cc2)CCCCC1.I. The normalized spacial score (nSPS) is 18.0. The Morgan fingerprint density at radius 2 is 1.90 bits per heavy atom. The summed E-state index contributed by atoms with van der Waals surface area (Å²) in [5.41, 5.74) is 0.776. The van der Waals surface area contributed by atoms with Gasteiger partial charge in [-0.15, -0.1) is 24.0 Å². The van der Waals surface area contributed by atoms with E-state index in [2.05, 4.69) is 20.7 Å². The molecule has 1 atom stereocenters. The van der Waals surface area contributed by atoms with Gasteiger partial charge in [0.25, 0.3) is 0 Å². The first-order valence-electron chi connectivity index (χ1n) is 10.8. The Labute approximate surface area is 201 Å². The quantitative estimate of drug-likeness (QED) is 0.282. The molecule has 1 fully saturated rings. The average Bonchev–Trinajstić information content (AvgIpc) is 3.19. The highest BCUT2D eigenvalue weighted by Crippen LogP contribution is 2.39. The predicted octanol–water partition coefficient (Wildman–Crippen LogP) is 3.84. The van der Waals surface area contributed by atoms with Gasteiger partial charge in [-0.25, -0.2) is 9.38 Å². The molecule has 1 heterocycles. The first kappa shape index (κ1) is 25.6. The van der Waals surface area contributed by atoms with Gasteiger partial charge in [0.05, 0.1) is 12.7 Å². The van der Waals surface area contributed by atoms with E-state index in [0.29, 0.717) is 5.96 Å². The zero-order valence-electron chi connectivity index (χ0n) is 18.7. The Balaban J connectivity index is 0.00000341. The van der Waals surface area contributed by atoms with Crippen LogP contribution in [0.15, 0.2) is 41.7 Å². The van der Waals surface area contributed by atoms with Crippen molar-refractivity contribution in [3.63, 3.8) is 0 Å². The van der Waals surface area contributed by atoms with Gasteiger partial charge in [-0.05, 0) is 44.4 Å². The van der Waals surface area contributed by atoms with E-state index in [1.54, 1.807) is 36.1 Å². The summed E-state index contributed by atoms with van der Waals surface area (Å²) in [5.74, 6) is 0.471. The van der Waals surface area contributed by atoms with E-state index in [1.165, 1.54) is 24.8 Å². The number of hydrogen-bond acceptors (Lipinski definition) is 3. The van der Waals surface area contributed by atoms with Gasteiger partial charge in [0.15, 0.2) is 5.96 Å². The predicted molar refractivity (Wildman–Crippen MR) is 133 cm³/mol. The van der Waals surface area contributed by atoms with E-state index in [4.69, 9.17) is 0 Å². The van der Waals surface area contributed by atoms with Gasteiger partial charge >= 0.3 is 0 Å². The molecule has 0 radical (unpaired) electrons. The Morgan fingerprint density at radius 3 is 2.48 bits per heavy atom. The fraction of sp³-hybridized carbons (Fsp3) is 0.565. The molecular weight excluding hydrogens is 508 g/mol. The molecule has 1 aromatic heterocycles. The highest BCUT2D eigenvalue weighted by molar-refractivity contribution is 14.0. The Hall–Kier alpha value is -1.68. The topological polar surface area (TPSA) is 74.5 Å². The maximum Gasteiger partial charge on any atom is 0.191 e. The maximum atomic E-state index is 13.5. The lowest BCUT2D eigenvalue weighted by molar-refractivity contribution is 0.0671. The number of benzene rings is 1. The number of nitrogens with zero attached hydrogens (tertiary/aromatic N) is 3. The lowest BCUT2D eigenvalue weighted by atomic mass is 9.69. The molecule has 3 N–H and O–H groups in total. The molecule has 0 amide bonds. The van der Waals surface area contributed by atoms with E-state index in [0.717, 1.165) is 31.5 Å². The van der Waals surface area contributed by atoms with Crippen molar-refractivity contribution in [2.75, 3.05) is 19.6 Å². The summed E-state index contributed by atoms with van der Waals surface area (Å²) in [6.07, 6.45) is 9.19. The molecule has 0 spiro atoms. The zero-order valence-corrected chi connectivity index (χ0v) is 21.0. The van der Waals surface area contributed by atoms with Crippen molar-refractivity contribution in [3.05, 3.63) is 53.6 Å². The van der Waals surface area contributed by atoms with Crippen molar-refractivity contribution in [1.82, 2.24) is 20.4 Å². The number of aliphatic imine (C=N–C) groups is 1. The standard InChI is InChI=1S/C23H34FN5O.HI/c1-4-25-21(26-16-22(2,30)19-14-28-29(3)15-19)27-17-23(12-6-5-7-13-23)18-8-10-20(24)11-9-18;/h8-11,14-15,30H,4-7,12-13,16-17H2,1-3H3,(H2,25,26,27);1H. The summed E-state index contributed by atoms with van der Waals surface area (Å²) >= 11 is 0. The molecular formula is C23H35FIN5O. The van der Waals surface area contributed by atoms with Crippen LogP contribution in [-0.2, 0) is 18.1 Å². The molecule has 6 nitrogen and oxygen atoms in total. The molecule has 31 heavy (non-hydrogen) atoms. The minimum Gasteiger partial charge on any atom is -0.383 e. The molecule has 8 heteroatoms. The highest BCUT2D eigenvalue weighted by atomic mass is 127. The van der Waals surface area contributed by atoms with Crippen molar-refractivity contribution in [1.29, 1.82) is 0 Å². The van der Waals surface area contributed by atoms with Gasteiger partial charge < -0.3 is 15.7 Å². The number of guanidine groups is 1. The molecule has 1 aromatic carbocycles. The first-order chi connectivity index (χ1) is 14.3. The smallest absolute Gasteiger partial charge is 0.191 e. The van der Waals surface area contributed by atoms with Crippen molar-refractivity contribution >= 4 is 29.9 Å². The largest absolute Gasteiger partial charge is 0.383 e. The molecule has 2 aromatic rings. The number of nitrogens with one attached hydrogen (secondary N) is 2. The number of rotatable bonds is 7. The first-order valence-corrected chi connectivity index (χ1v) is 10.8. The Morgan fingerprint density at radius 1 is 1.23 bits per heavy atom. The second-order valence-corrected chi connectivity index (χ2v) is 8.57. The van der Waals surface area contributed by atoms with Crippen LogP contribution < -0.4 is 10.6 Å². The van der Waals surface area contributed by atoms with Crippen molar-refractivity contribution in [2.45, 2.75) is 57.0 Å². The third kappa shape index (κ3) is 6.65. The van der Waals surface area contributed by atoms with E-state index < -0.39 is 5.60 Å². The van der Waals surface area contributed by atoms with Crippen LogP contribution in [0, 0.1) is 5.82 Å². The van der Waals surface area contributed by atoms with E-state index in [1.807, 2.05) is 26.1 Å². The molecule has 3 rings (SSSR count). The number of hydrogen-bond donors (Lipinski definition) is 3. The van der Waals surface area contributed by atoms with Crippen LogP contribution in [0.5, 0.6) is 0 Å². The fourth-order valence-corrected chi connectivity index (χ4v) is 4.22. The van der Waals surface area contributed by atoms with Crippen molar-refractivity contribution < 1.29 is 9.50 Å². The third-order valence-electron chi connectivity index (χ3n) is 6.08. The van der Waals surface area contributed by atoms with Crippen LogP contribution >= 0.6 is 24.0 Å². The number of halogens is 2. The second kappa shape index (κ2) is 11.3. The van der Waals surface area contributed by atoms with Gasteiger partial charge in [0.1, 0.15) is 11.4 Å². The van der Waals surface area contributed by atoms with E-state index >= 15 is 0 Å². The fourth-order valence-electron chi connectivity index (χ4n) is 4.22. The summed E-state index contributed by atoms with van der Waals surface area (Å²) in [5, 5.41) is 21.7. The van der Waals surface area contributed by atoms with Gasteiger partial charge in [-0.2, -0.15) is 5.10 Å². The van der Waals surface area contributed by atoms with Crippen LogP contribution in [0.4, 0.5) is 4.39 Å². The van der Waals surface area contributed by atoms with Crippen LogP contribution in [0.1, 0.15) is 57.1 Å². The van der Waals surface area contributed by atoms with Crippen molar-refractivity contribution in [3.8, 4) is 0 Å². The van der Waals surface area contributed by atoms with Crippen LogP contribution in [-0.4, -0.2) is 40.5 Å². The zero-order chi connectivity index (χ0) is 21.6. The number of aryl methyl sites for hydroxylation is 1. The molecule has 172 valence electrons. The lowest BCUT2D eigenvalue weighted by Crippen LogP contribution is -2.47.